The molecule has 0 aliphatic heterocycles. The van der Waals surface area contributed by atoms with Crippen LogP contribution in [0, 0.1) is 6.92 Å². The Labute approximate surface area is 87.5 Å². The summed E-state index contributed by atoms with van der Waals surface area (Å²) < 4.78 is 1.94. The maximum atomic E-state index is 10.6. The van der Waals surface area contributed by atoms with Crippen LogP contribution in [-0.4, -0.2) is 15.7 Å². The zero-order valence-electron chi connectivity index (χ0n) is 6.90. The number of aldehydes is 1. The molecule has 0 aliphatic rings. The Bertz CT molecular complexity index is 448. The number of fused-ring (bicyclic) bond motifs is 1. The molecule has 0 aliphatic carbocycles. The molecule has 0 radical (unpaired) electrons. The zero-order chi connectivity index (χ0) is 9.42. The highest BCUT2D eigenvalue weighted by Gasteiger charge is 2.16. The molecule has 0 saturated carbocycles. The summed E-state index contributed by atoms with van der Waals surface area (Å²) in [5.74, 6) is 0. The molecule has 2 aromatic heterocycles. The molecule has 0 bridgehead atoms. The predicted molar refractivity (Wildman–Crippen MR) is 55.5 cm³/mol. The van der Waals surface area contributed by atoms with Gasteiger partial charge in [0.05, 0.1) is 11.4 Å². The zero-order valence-corrected chi connectivity index (χ0v) is 9.30. The topological polar surface area (TPSA) is 34.4 Å². The van der Waals surface area contributed by atoms with Crippen molar-refractivity contribution in [2.24, 2.45) is 0 Å². The normalized spacial score (nSPS) is 13.4. The summed E-state index contributed by atoms with van der Waals surface area (Å²) >= 11 is 4.86. The van der Waals surface area contributed by atoms with Crippen LogP contribution >= 0.6 is 27.3 Å². The lowest BCUT2D eigenvalue weighted by Crippen LogP contribution is -1.97. The fourth-order valence-electron chi connectivity index (χ4n) is 1.31. The number of nitrogens with zero attached hydrogens (tertiary/aromatic N) is 2. The number of carbonyl (C=O) groups is 1. The van der Waals surface area contributed by atoms with Gasteiger partial charge in [-0.2, -0.15) is 0 Å². The van der Waals surface area contributed by atoms with Gasteiger partial charge in [0.25, 0.3) is 0 Å². The molecule has 5 heteroatoms. The Morgan fingerprint density at radius 3 is 3.23 bits per heavy atom. The first kappa shape index (κ1) is 8.90. The fraction of sp³-hybridized carbons (Fsp3) is 0.250. The van der Waals surface area contributed by atoms with Gasteiger partial charge in [-0.3, -0.25) is 4.40 Å². The van der Waals surface area contributed by atoms with E-state index in [4.69, 9.17) is 0 Å². The minimum Gasteiger partial charge on any atom is -0.302 e. The van der Waals surface area contributed by atoms with Gasteiger partial charge in [-0.25, -0.2) is 4.98 Å². The number of alkyl halides is 1. The molecule has 2 aromatic rings. The number of rotatable bonds is 2. The summed E-state index contributed by atoms with van der Waals surface area (Å²) in [4.78, 5) is 15.6. The SMILES string of the molecule is Cc1nc2sccn2c1C(Br)C=O. The molecule has 0 saturated heterocycles. The van der Waals surface area contributed by atoms with Crippen molar-refractivity contribution < 1.29 is 4.79 Å². The Kier molecular flexibility index (Phi) is 2.21. The molecule has 0 spiro atoms. The highest BCUT2D eigenvalue weighted by Crippen LogP contribution is 2.26. The first-order valence-electron chi connectivity index (χ1n) is 3.75. The van der Waals surface area contributed by atoms with E-state index in [2.05, 4.69) is 20.9 Å². The lowest BCUT2D eigenvalue weighted by atomic mass is 10.3. The van der Waals surface area contributed by atoms with Gasteiger partial charge in [-0.15, -0.1) is 11.3 Å². The summed E-state index contributed by atoms with van der Waals surface area (Å²) in [6.07, 6.45) is 2.79. The van der Waals surface area contributed by atoms with E-state index in [1.54, 1.807) is 11.3 Å². The molecule has 0 amide bonds. The van der Waals surface area contributed by atoms with Crippen LogP contribution in [-0.2, 0) is 4.79 Å². The third kappa shape index (κ3) is 1.32. The Morgan fingerprint density at radius 1 is 1.77 bits per heavy atom. The van der Waals surface area contributed by atoms with E-state index in [0.717, 1.165) is 22.6 Å². The average Bonchev–Trinajstić information content (AvgIpc) is 2.62. The Balaban J connectivity index is 2.69. The van der Waals surface area contributed by atoms with Gasteiger partial charge in [0.15, 0.2) is 4.96 Å². The maximum absolute atomic E-state index is 10.6. The van der Waals surface area contributed by atoms with Crippen molar-refractivity contribution in [1.29, 1.82) is 0 Å². The van der Waals surface area contributed by atoms with E-state index in [-0.39, 0.29) is 4.83 Å². The highest BCUT2D eigenvalue weighted by atomic mass is 79.9. The smallest absolute Gasteiger partial charge is 0.194 e. The van der Waals surface area contributed by atoms with Crippen molar-refractivity contribution in [3.05, 3.63) is 23.0 Å². The van der Waals surface area contributed by atoms with Gasteiger partial charge in [-0.05, 0) is 6.92 Å². The van der Waals surface area contributed by atoms with Crippen molar-refractivity contribution >= 4 is 38.5 Å². The van der Waals surface area contributed by atoms with Crippen LogP contribution in [0.4, 0.5) is 0 Å². The van der Waals surface area contributed by atoms with Crippen LogP contribution in [0.2, 0.25) is 0 Å². The van der Waals surface area contributed by atoms with Crippen LogP contribution < -0.4 is 0 Å². The van der Waals surface area contributed by atoms with Gasteiger partial charge in [0.1, 0.15) is 11.1 Å². The van der Waals surface area contributed by atoms with Crippen molar-refractivity contribution in [2.75, 3.05) is 0 Å². The second-order valence-electron chi connectivity index (χ2n) is 2.68. The van der Waals surface area contributed by atoms with Crippen molar-refractivity contribution in [3.8, 4) is 0 Å². The largest absolute Gasteiger partial charge is 0.302 e. The van der Waals surface area contributed by atoms with Crippen molar-refractivity contribution in [2.45, 2.75) is 11.8 Å². The monoisotopic (exact) mass is 258 g/mol. The van der Waals surface area contributed by atoms with Crippen LogP contribution in [0.5, 0.6) is 0 Å². The molecule has 0 aromatic carbocycles. The predicted octanol–water partition coefficient (Wildman–Crippen LogP) is 2.34. The second-order valence-corrected chi connectivity index (χ2v) is 4.54. The quantitative estimate of drug-likeness (QED) is 0.612. The second kappa shape index (κ2) is 3.23. The van der Waals surface area contributed by atoms with Gasteiger partial charge in [0, 0.05) is 11.6 Å². The summed E-state index contributed by atoms with van der Waals surface area (Å²) in [5, 5.41) is 1.95. The van der Waals surface area contributed by atoms with Crippen LogP contribution in [0.15, 0.2) is 11.6 Å². The molecule has 68 valence electrons. The summed E-state index contributed by atoms with van der Waals surface area (Å²) in [6, 6.07) is 0. The number of imidazole rings is 1. The first-order chi connectivity index (χ1) is 6.24. The third-order valence-electron chi connectivity index (χ3n) is 1.86. The molecule has 1 atom stereocenters. The summed E-state index contributed by atoms with van der Waals surface area (Å²) in [5.41, 5.74) is 1.83. The van der Waals surface area contributed by atoms with E-state index in [1.165, 1.54) is 0 Å². The number of halogens is 1. The molecular weight excluding hydrogens is 252 g/mol. The molecule has 0 fully saturated rings. The average molecular weight is 259 g/mol. The van der Waals surface area contributed by atoms with Gasteiger partial charge >= 0.3 is 0 Å². The maximum Gasteiger partial charge on any atom is 0.194 e. The van der Waals surface area contributed by atoms with Gasteiger partial charge in [-0.1, -0.05) is 15.9 Å². The molecule has 2 rings (SSSR count). The van der Waals surface area contributed by atoms with E-state index >= 15 is 0 Å². The Hall–Kier alpha value is -0.680. The number of carbonyl (C=O) groups excluding carboxylic acids is 1. The number of aromatic nitrogens is 2. The van der Waals surface area contributed by atoms with Gasteiger partial charge < -0.3 is 4.79 Å². The minimum absolute atomic E-state index is 0.267. The summed E-state index contributed by atoms with van der Waals surface area (Å²) in [7, 11) is 0. The van der Waals surface area contributed by atoms with Crippen LogP contribution in [0.3, 0.4) is 0 Å². The van der Waals surface area contributed by atoms with Crippen LogP contribution in [0.1, 0.15) is 16.2 Å². The van der Waals surface area contributed by atoms with E-state index in [0.29, 0.717) is 0 Å². The molecule has 1 unspecified atom stereocenters. The molecular formula is C8H7BrN2OS. The van der Waals surface area contributed by atoms with Crippen LogP contribution in [0.25, 0.3) is 4.96 Å². The van der Waals surface area contributed by atoms with Gasteiger partial charge in [0.2, 0.25) is 0 Å². The molecule has 2 heterocycles. The number of thiazole rings is 1. The molecule has 13 heavy (non-hydrogen) atoms. The molecule has 0 N–H and O–H groups in total. The minimum atomic E-state index is -0.267. The van der Waals surface area contributed by atoms with E-state index in [9.17, 15) is 4.79 Å². The standard InChI is InChI=1S/C8H7BrN2OS/c1-5-7(6(9)4-12)11-2-3-13-8(11)10-5/h2-4,6H,1H3. The highest BCUT2D eigenvalue weighted by molar-refractivity contribution is 9.09. The first-order valence-corrected chi connectivity index (χ1v) is 5.55. The van der Waals surface area contributed by atoms with Crippen molar-refractivity contribution in [3.63, 3.8) is 0 Å². The lowest BCUT2D eigenvalue weighted by Gasteiger charge is -2.00. The number of hydrogen-bond donors (Lipinski definition) is 0. The third-order valence-corrected chi connectivity index (χ3v) is 3.27. The van der Waals surface area contributed by atoms with Crippen molar-refractivity contribution in [1.82, 2.24) is 9.38 Å². The lowest BCUT2D eigenvalue weighted by molar-refractivity contribution is -0.107. The Morgan fingerprint density at radius 2 is 2.54 bits per heavy atom. The fourth-order valence-corrected chi connectivity index (χ4v) is 2.63. The summed E-state index contributed by atoms with van der Waals surface area (Å²) in [6.45, 7) is 1.91. The molecule has 3 nitrogen and oxygen atoms in total. The number of aryl methyl sites for hydroxylation is 1. The van der Waals surface area contributed by atoms with E-state index in [1.807, 2.05) is 22.9 Å². The number of hydrogen-bond acceptors (Lipinski definition) is 3. The van der Waals surface area contributed by atoms with E-state index < -0.39 is 0 Å².